The van der Waals surface area contributed by atoms with Gasteiger partial charge < -0.3 is 0 Å². The summed E-state index contributed by atoms with van der Waals surface area (Å²) in [5.74, 6) is -2.71. The predicted octanol–water partition coefficient (Wildman–Crippen LogP) is 5.22. The standard InChI is InChI=1S/C16H14Cl2F2N2/c1-2-10-6-16(19,20)7-12-8-21-22(15(10)12)9-11-3-4-13(17)5-14(11)18/h2-5,8H,6-7,9H2,1H3/b10-2+. The first-order chi connectivity index (χ1) is 10.4. The molecule has 1 heterocycles. The molecular weight excluding hydrogens is 329 g/mol. The molecule has 1 aliphatic carbocycles. The van der Waals surface area contributed by atoms with E-state index >= 15 is 0 Å². The molecule has 0 saturated carbocycles. The van der Waals surface area contributed by atoms with Crippen molar-refractivity contribution in [2.24, 2.45) is 0 Å². The van der Waals surface area contributed by atoms with Crippen molar-refractivity contribution in [1.82, 2.24) is 9.78 Å². The van der Waals surface area contributed by atoms with Gasteiger partial charge in [0.1, 0.15) is 0 Å². The fourth-order valence-corrected chi connectivity index (χ4v) is 3.27. The number of hydrogen-bond acceptors (Lipinski definition) is 1. The lowest BCUT2D eigenvalue weighted by Crippen LogP contribution is -2.26. The molecular formula is C16H14Cl2F2N2. The number of alkyl halides is 2. The number of nitrogens with zero attached hydrogens (tertiary/aromatic N) is 2. The van der Waals surface area contributed by atoms with Crippen molar-refractivity contribution >= 4 is 28.8 Å². The van der Waals surface area contributed by atoms with Crippen molar-refractivity contribution < 1.29 is 8.78 Å². The minimum atomic E-state index is -2.71. The SMILES string of the molecule is C/C=C1\CC(F)(F)Cc2cnn(Cc3ccc(Cl)cc3Cl)c21. The van der Waals surface area contributed by atoms with Gasteiger partial charge in [0.05, 0.1) is 18.4 Å². The molecule has 0 aliphatic heterocycles. The number of halogens is 4. The van der Waals surface area contributed by atoms with Crippen molar-refractivity contribution in [3.63, 3.8) is 0 Å². The Hall–Kier alpha value is -1.39. The van der Waals surface area contributed by atoms with Crippen molar-refractivity contribution in [3.05, 3.63) is 57.3 Å². The molecule has 0 fully saturated rings. The van der Waals surface area contributed by atoms with E-state index in [1.165, 1.54) is 6.20 Å². The van der Waals surface area contributed by atoms with E-state index < -0.39 is 5.92 Å². The zero-order chi connectivity index (χ0) is 15.9. The predicted molar refractivity (Wildman–Crippen MR) is 84.7 cm³/mol. The second kappa shape index (κ2) is 5.67. The molecule has 22 heavy (non-hydrogen) atoms. The number of aromatic nitrogens is 2. The van der Waals surface area contributed by atoms with Crippen LogP contribution in [0, 0.1) is 0 Å². The van der Waals surface area contributed by atoms with Crippen LogP contribution in [0.1, 0.15) is 30.2 Å². The van der Waals surface area contributed by atoms with Crippen molar-refractivity contribution in [2.75, 3.05) is 0 Å². The summed E-state index contributed by atoms with van der Waals surface area (Å²) in [6.07, 6.45) is 2.73. The summed E-state index contributed by atoms with van der Waals surface area (Å²) in [5, 5.41) is 5.37. The molecule has 2 nitrogen and oxygen atoms in total. The van der Waals surface area contributed by atoms with Crippen LogP contribution in [0.3, 0.4) is 0 Å². The molecule has 2 aromatic rings. The van der Waals surface area contributed by atoms with Crippen LogP contribution in [-0.4, -0.2) is 15.7 Å². The number of rotatable bonds is 2. The van der Waals surface area contributed by atoms with Gasteiger partial charge in [-0.15, -0.1) is 0 Å². The highest BCUT2D eigenvalue weighted by atomic mass is 35.5. The summed E-state index contributed by atoms with van der Waals surface area (Å²) in [7, 11) is 0. The average Bonchev–Trinajstić information content (AvgIpc) is 2.82. The maximum atomic E-state index is 13.8. The molecule has 0 bridgehead atoms. The highest BCUT2D eigenvalue weighted by Gasteiger charge is 2.38. The smallest absolute Gasteiger partial charge is 0.256 e. The van der Waals surface area contributed by atoms with E-state index in [1.807, 2.05) is 6.07 Å². The van der Waals surface area contributed by atoms with Gasteiger partial charge in [0.15, 0.2) is 0 Å². The normalized spacial score (nSPS) is 18.5. The average molecular weight is 343 g/mol. The maximum Gasteiger partial charge on any atom is 0.256 e. The maximum absolute atomic E-state index is 13.8. The topological polar surface area (TPSA) is 17.8 Å². The van der Waals surface area contributed by atoms with Gasteiger partial charge in [-0.25, -0.2) is 8.78 Å². The van der Waals surface area contributed by atoms with Gasteiger partial charge in [-0.3, -0.25) is 4.68 Å². The Morgan fingerprint density at radius 3 is 2.77 bits per heavy atom. The van der Waals surface area contributed by atoms with Gasteiger partial charge in [-0.2, -0.15) is 5.10 Å². The van der Waals surface area contributed by atoms with E-state index in [9.17, 15) is 8.78 Å². The Morgan fingerprint density at radius 2 is 2.09 bits per heavy atom. The first kappa shape index (κ1) is 15.5. The number of benzene rings is 1. The minimum Gasteiger partial charge on any atom is -0.260 e. The molecule has 3 rings (SSSR count). The zero-order valence-corrected chi connectivity index (χ0v) is 13.4. The van der Waals surface area contributed by atoms with Gasteiger partial charge in [0, 0.05) is 28.5 Å². The van der Waals surface area contributed by atoms with Crippen LogP contribution < -0.4 is 0 Å². The first-order valence-corrected chi connectivity index (χ1v) is 7.67. The van der Waals surface area contributed by atoms with Gasteiger partial charge in [-0.05, 0) is 30.2 Å². The van der Waals surface area contributed by atoms with Crippen LogP contribution in [0.25, 0.3) is 5.57 Å². The summed E-state index contributed by atoms with van der Waals surface area (Å²) < 4.78 is 29.2. The summed E-state index contributed by atoms with van der Waals surface area (Å²) in [6, 6.07) is 5.24. The first-order valence-electron chi connectivity index (χ1n) is 6.91. The fraction of sp³-hybridized carbons (Fsp3) is 0.312. The lowest BCUT2D eigenvalue weighted by Gasteiger charge is -2.25. The van der Waals surface area contributed by atoms with Crippen LogP contribution in [0.15, 0.2) is 30.5 Å². The summed E-state index contributed by atoms with van der Waals surface area (Å²) in [6.45, 7) is 2.20. The lowest BCUT2D eigenvalue weighted by atomic mass is 9.90. The molecule has 0 amide bonds. The summed E-state index contributed by atoms with van der Waals surface area (Å²) >= 11 is 12.1. The monoisotopic (exact) mass is 342 g/mol. The third-order valence-electron chi connectivity index (χ3n) is 3.80. The van der Waals surface area contributed by atoms with E-state index in [-0.39, 0.29) is 12.8 Å². The highest BCUT2D eigenvalue weighted by Crippen LogP contribution is 2.40. The third-order valence-corrected chi connectivity index (χ3v) is 4.39. The Kier molecular flexibility index (Phi) is 4.00. The Morgan fingerprint density at radius 1 is 1.32 bits per heavy atom. The second-order valence-electron chi connectivity index (χ2n) is 5.44. The lowest BCUT2D eigenvalue weighted by molar-refractivity contribution is 0.00421. The van der Waals surface area contributed by atoms with Crippen LogP contribution >= 0.6 is 23.2 Å². The fourth-order valence-electron chi connectivity index (χ4n) is 2.80. The van der Waals surface area contributed by atoms with Crippen LogP contribution in [0.4, 0.5) is 8.78 Å². The third kappa shape index (κ3) is 2.90. The quantitative estimate of drug-likeness (QED) is 0.731. The Balaban J connectivity index is 1.99. The van der Waals surface area contributed by atoms with Crippen LogP contribution in [0.2, 0.25) is 10.0 Å². The molecule has 0 unspecified atom stereocenters. The number of allylic oxidation sites excluding steroid dienone is 2. The van der Waals surface area contributed by atoms with Crippen molar-refractivity contribution in [3.8, 4) is 0 Å². The van der Waals surface area contributed by atoms with E-state index in [4.69, 9.17) is 23.2 Å². The molecule has 0 spiro atoms. The number of hydrogen-bond donors (Lipinski definition) is 0. The van der Waals surface area contributed by atoms with E-state index in [0.717, 1.165) is 11.3 Å². The van der Waals surface area contributed by atoms with Crippen molar-refractivity contribution in [2.45, 2.75) is 32.2 Å². The van der Waals surface area contributed by atoms with Crippen molar-refractivity contribution in [1.29, 1.82) is 0 Å². The van der Waals surface area contributed by atoms with Gasteiger partial charge in [-0.1, -0.05) is 35.3 Å². The molecule has 116 valence electrons. The van der Waals surface area contributed by atoms with E-state index in [1.54, 1.807) is 29.8 Å². The summed E-state index contributed by atoms with van der Waals surface area (Å²) in [4.78, 5) is 0. The molecule has 0 saturated heterocycles. The van der Waals surface area contributed by atoms with E-state index in [2.05, 4.69) is 5.10 Å². The minimum absolute atomic E-state index is 0.253. The molecule has 0 radical (unpaired) electrons. The molecule has 6 heteroatoms. The molecule has 0 atom stereocenters. The molecule has 0 N–H and O–H groups in total. The van der Waals surface area contributed by atoms with Gasteiger partial charge in [0.2, 0.25) is 0 Å². The van der Waals surface area contributed by atoms with Gasteiger partial charge >= 0.3 is 0 Å². The van der Waals surface area contributed by atoms with Gasteiger partial charge in [0.25, 0.3) is 5.92 Å². The summed E-state index contributed by atoms with van der Waals surface area (Å²) in [5.41, 5.74) is 2.83. The molecule has 1 aromatic heterocycles. The highest BCUT2D eigenvalue weighted by molar-refractivity contribution is 6.35. The molecule has 1 aliphatic rings. The zero-order valence-electron chi connectivity index (χ0n) is 11.9. The Bertz CT molecular complexity index is 751. The Labute approximate surface area is 137 Å². The number of fused-ring (bicyclic) bond motifs is 1. The second-order valence-corrected chi connectivity index (χ2v) is 6.28. The largest absolute Gasteiger partial charge is 0.260 e. The van der Waals surface area contributed by atoms with Crippen LogP contribution in [-0.2, 0) is 13.0 Å². The van der Waals surface area contributed by atoms with E-state index in [0.29, 0.717) is 27.7 Å². The van der Waals surface area contributed by atoms with Crippen LogP contribution in [0.5, 0.6) is 0 Å². The molecule has 1 aromatic carbocycles.